The summed E-state index contributed by atoms with van der Waals surface area (Å²) in [6, 6.07) is 13.2. The lowest BCUT2D eigenvalue weighted by Gasteiger charge is -2.29. The van der Waals surface area contributed by atoms with E-state index >= 15 is 0 Å². The molecule has 4 aromatic rings. The van der Waals surface area contributed by atoms with Gasteiger partial charge in [-0.05, 0) is 36.8 Å². The van der Waals surface area contributed by atoms with E-state index in [0.29, 0.717) is 24.5 Å². The molecular weight excluding hydrogens is 358 g/mol. The van der Waals surface area contributed by atoms with Gasteiger partial charge in [0.1, 0.15) is 25.2 Å². The van der Waals surface area contributed by atoms with Gasteiger partial charge in [0, 0.05) is 5.39 Å². The molecule has 0 N–H and O–H groups in total. The summed E-state index contributed by atoms with van der Waals surface area (Å²) < 4.78 is 8.20. The third kappa shape index (κ3) is 2.53. The van der Waals surface area contributed by atoms with E-state index in [4.69, 9.17) is 4.74 Å². The zero-order valence-corrected chi connectivity index (χ0v) is 15.2. The predicted molar refractivity (Wildman–Crippen MR) is 104 cm³/mol. The van der Waals surface area contributed by atoms with Crippen LogP contribution in [0.2, 0.25) is 0 Å². The van der Waals surface area contributed by atoms with Crippen molar-refractivity contribution in [2.24, 2.45) is 0 Å². The maximum atomic E-state index is 13.0. The average molecular weight is 375 g/mol. The number of amides is 1. The second kappa shape index (κ2) is 6.19. The Kier molecular flexibility index (Phi) is 3.65. The van der Waals surface area contributed by atoms with Crippen LogP contribution in [0.1, 0.15) is 5.56 Å². The third-order valence-electron chi connectivity index (χ3n) is 4.89. The van der Waals surface area contributed by atoms with Crippen molar-refractivity contribution in [1.29, 1.82) is 0 Å². The molecule has 5 rings (SSSR count). The van der Waals surface area contributed by atoms with Crippen LogP contribution in [0.25, 0.3) is 16.6 Å². The first-order chi connectivity index (χ1) is 13.6. The molecule has 0 saturated carbocycles. The monoisotopic (exact) mass is 375 g/mol. The number of benzene rings is 2. The van der Waals surface area contributed by atoms with E-state index in [9.17, 15) is 9.59 Å². The minimum absolute atomic E-state index is 0.151. The molecule has 0 saturated heterocycles. The fourth-order valence-corrected chi connectivity index (χ4v) is 3.51. The van der Waals surface area contributed by atoms with E-state index in [1.165, 1.54) is 15.4 Å². The van der Waals surface area contributed by atoms with E-state index < -0.39 is 0 Å². The molecule has 1 amide bonds. The van der Waals surface area contributed by atoms with Gasteiger partial charge in [-0.15, -0.1) is 5.10 Å². The highest BCUT2D eigenvalue weighted by Crippen LogP contribution is 2.32. The molecule has 0 fully saturated rings. The van der Waals surface area contributed by atoms with Gasteiger partial charge in [-0.3, -0.25) is 4.79 Å². The van der Waals surface area contributed by atoms with Crippen LogP contribution in [0.5, 0.6) is 5.75 Å². The maximum Gasteiger partial charge on any atom is 0.352 e. The van der Waals surface area contributed by atoms with Crippen molar-refractivity contribution in [3.8, 4) is 5.75 Å². The average Bonchev–Trinajstić information content (AvgIpc) is 3.03. The summed E-state index contributed by atoms with van der Waals surface area (Å²) in [4.78, 5) is 31.6. The molecule has 28 heavy (non-hydrogen) atoms. The van der Waals surface area contributed by atoms with Crippen molar-refractivity contribution >= 4 is 28.1 Å². The number of anilines is 1. The van der Waals surface area contributed by atoms with E-state index in [-0.39, 0.29) is 18.1 Å². The first kappa shape index (κ1) is 16.5. The number of aromatic nitrogens is 4. The number of ether oxygens (including phenoxy) is 1. The van der Waals surface area contributed by atoms with Crippen LogP contribution in [0, 0.1) is 6.92 Å². The number of hydrogen-bond donors (Lipinski definition) is 0. The molecule has 8 heteroatoms. The van der Waals surface area contributed by atoms with Crippen molar-refractivity contribution in [2.45, 2.75) is 13.5 Å². The highest BCUT2D eigenvalue weighted by molar-refractivity contribution is 5.95. The predicted octanol–water partition coefficient (Wildman–Crippen LogP) is 1.78. The van der Waals surface area contributed by atoms with Crippen molar-refractivity contribution in [3.63, 3.8) is 0 Å². The second-order valence-corrected chi connectivity index (χ2v) is 6.76. The van der Waals surface area contributed by atoms with Crippen LogP contribution in [0.4, 0.5) is 5.69 Å². The summed E-state index contributed by atoms with van der Waals surface area (Å²) in [6.45, 7) is 2.66. The number of para-hydroxylation sites is 1. The fourth-order valence-electron chi connectivity index (χ4n) is 3.51. The number of hydrogen-bond acceptors (Lipinski definition) is 5. The van der Waals surface area contributed by atoms with E-state index in [1.54, 1.807) is 4.90 Å². The Labute approximate surface area is 159 Å². The van der Waals surface area contributed by atoms with Gasteiger partial charge in [0.2, 0.25) is 5.91 Å². The van der Waals surface area contributed by atoms with E-state index in [1.807, 2.05) is 49.4 Å². The van der Waals surface area contributed by atoms with Crippen LogP contribution < -0.4 is 15.3 Å². The van der Waals surface area contributed by atoms with Gasteiger partial charge < -0.3 is 9.64 Å². The van der Waals surface area contributed by atoms with Gasteiger partial charge in [0.15, 0.2) is 5.65 Å². The minimum atomic E-state index is -0.390. The number of aryl methyl sites for hydroxylation is 1. The van der Waals surface area contributed by atoms with Crippen molar-refractivity contribution < 1.29 is 9.53 Å². The summed E-state index contributed by atoms with van der Waals surface area (Å²) in [5.74, 6) is 0.459. The van der Waals surface area contributed by atoms with Crippen LogP contribution in [-0.4, -0.2) is 38.2 Å². The fraction of sp³-hybridized carbons (Fsp3) is 0.200. The van der Waals surface area contributed by atoms with Gasteiger partial charge in [-0.2, -0.15) is 0 Å². The molecule has 0 bridgehead atoms. The molecular formula is C20H17N5O3. The largest absolute Gasteiger partial charge is 0.490 e. The van der Waals surface area contributed by atoms with Gasteiger partial charge in [0.05, 0.1) is 17.7 Å². The molecule has 0 unspecified atom stereocenters. The summed E-state index contributed by atoms with van der Waals surface area (Å²) in [7, 11) is 0. The molecule has 2 aromatic carbocycles. The Morgan fingerprint density at radius 2 is 2.07 bits per heavy atom. The summed E-state index contributed by atoms with van der Waals surface area (Å²) >= 11 is 0. The first-order valence-corrected chi connectivity index (χ1v) is 8.98. The molecule has 0 spiro atoms. The van der Waals surface area contributed by atoms with Gasteiger partial charge in [-0.25, -0.2) is 18.9 Å². The standard InChI is InChI=1S/C20H17N5O3/c1-13-6-7-17-16(10-13)23(8-9-28-17)18(26)11-25-20(27)24-12-21-15-5-3-2-4-14(15)19(24)22-25/h2-7,10,12H,8-9,11H2,1H3. The number of nitrogens with zero attached hydrogens (tertiary/aromatic N) is 5. The van der Waals surface area contributed by atoms with Crippen molar-refractivity contribution in [3.05, 3.63) is 64.8 Å². The molecule has 0 radical (unpaired) electrons. The maximum absolute atomic E-state index is 13.0. The van der Waals surface area contributed by atoms with Gasteiger partial charge in [0.25, 0.3) is 0 Å². The van der Waals surface area contributed by atoms with E-state index in [2.05, 4.69) is 10.1 Å². The third-order valence-corrected chi connectivity index (χ3v) is 4.89. The lowest BCUT2D eigenvalue weighted by Crippen LogP contribution is -2.41. The van der Waals surface area contributed by atoms with Crippen molar-refractivity contribution in [1.82, 2.24) is 19.2 Å². The quantitative estimate of drug-likeness (QED) is 0.533. The van der Waals surface area contributed by atoms with E-state index in [0.717, 1.165) is 22.2 Å². The molecule has 3 heterocycles. The zero-order valence-electron chi connectivity index (χ0n) is 15.2. The Hall–Kier alpha value is -3.68. The van der Waals surface area contributed by atoms with Crippen LogP contribution >= 0.6 is 0 Å². The molecule has 0 aliphatic carbocycles. The SMILES string of the molecule is Cc1ccc2c(c1)N(C(=O)Cn1nc3c4ccccc4ncn3c1=O)CCO2. The lowest BCUT2D eigenvalue weighted by molar-refractivity contribution is -0.119. The Morgan fingerprint density at radius 1 is 1.21 bits per heavy atom. The topological polar surface area (TPSA) is 81.7 Å². The molecule has 8 nitrogen and oxygen atoms in total. The van der Waals surface area contributed by atoms with Gasteiger partial charge in [-0.1, -0.05) is 18.2 Å². The zero-order chi connectivity index (χ0) is 19.3. The minimum Gasteiger partial charge on any atom is -0.490 e. The summed E-state index contributed by atoms with van der Waals surface area (Å²) in [5, 5.41) is 5.16. The van der Waals surface area contributed by atoms with Gasteiger partial charge >= 0.3 is 5.69 Å². The Morgan fingerprint density at radius 3 is 2.96 bits per heavy atom. The number of carbonyl (C=O) groups is 1. The normalized spacial score (nSPS) is 13.5. The van der Waals surface area contributed by atoms with Crippen LogP contribution in [0.3, 0.4) is 0 Å². The molecule has 1 aliphatic rings. The lowest BCUT2D eigenvalue weighted by atomic mass is 10.1. The number of rotatable bonds is 2. The Balaban J connectivity index is 1.54. The number of fused-ring (bicyclic) bond motifs is 4. The second-order valence-electron chi connectivity index (χ2n) is 6.76. The number of carbonyl (C=O) groups excluding carboxylic acids is 1. The highest BCUT2D eigenvalue weighted by atomic mass is 16.5. The van der Waals surface area contributed by atoms with Crippen molar-refractivity contribution in [2.75, 3.05) is 18.1 Å². The molecule has 140 valence electrons. The molecule has 0 atom stereocenters. The smallest absolute Gasteiger partial charge is 0.352 e. The molecule has 2 aromatic heterocycles. The first-order valence-electron chi connectivity index (χ1n) is 8.98. The van der Waals surface area contributed by atoms with Crippen LogP contribution in [0.15, 0.2) is 53.6 Å². The highest BCUT2D eigenvalue weighted by Gasteiger charge is 2.25. The Bertz CT molecular complexity index is 1290. The summed E-state index contributed by atoms with van der Waals surface area (Å²) in [6.07, 6.45) is 1.45. The molecule has 1 aliphatic heterocycles. The summed E-state index contributed by atoms with van der Waals surface area (Å²) in [5.41, 5.74) is 2.60. The van der Waals surface area contributed by atoms with Crippen LogP contribution in [-0.2, 0) is 11.3 Å².